The Bertz CT molecular complexity index is 614. The molecule has 1 fully saturated rings. The molecule has 1 aliphatic rings. The molecule has 118 valence electrons. The molecule has 0 saturated heterocycles. The Morgan fingerprint density at radius 3 is 2.45 bits per heavy atom. The van der Waals surface area contributed by atoms with E-state index in [-0.39, 0.29) is 5.54 Å². The van der Waals surface area contributed by atoms with Crippen molar-refractivity contribution in [3.63, 3.8) is 0 Å². The van der Waals surface area contributed by atoms with Crippen LogP contribution in [0.5, 0.6) is 0 Å². The molecule has 5 nitrogen and oxygen atoms in total. The van der Waals surface area contributed by atoms with E-state index >= 15 is 0 Å². The van der Waals surface area contributed by atoms with Crippen LogP contribution in [0.25, 0.3) is 0 Å². The average molecular weight is 317 g/mol. The van der Waals surface area contributed by atoms with E-state index in [2.05, 4.69) is 27.6 Å². The van der Waals surface area contributed by atoms with Gasteiger partial charge in [-0.05, 0) is 19.8 Å². The quantitative estimate of drug-likeness (QED) is 0.919. The van der Waals surface area contributed by atoms with Crippen LogP contribution in [-0.4, -0.2) is 29.0 Å². The third-order valence-corrected chi connectivity index (χ3v) is 5.37. The van der Waals surface area contributed by atoms with Gasteiger partial charge in [0.05, 0.1) is 5.54 Å². The number of nitrogens with one attached hydrogen (secondary N) is 1. The maximum atomic E-state index is 4.73. The van der Waals surface area contributed by atoms with Gasteiger partial charge in [0.25, 0.3) is 0 Å². The molecule has 2 aromatic heterocycles. The third-order valence-electron chi connectivity index (χ3n) is 4.21. The molecule has 1 N–H and O–H groups in total. The topological polar surface area (TPSA) is 53.9 Å². The number of aryl methyl sites for hydroxylation is 1. The number of hydrogen-bond donors (Lipinski definition) is 1. The minimum Gasteiger partial charge on any atom is -0.347 e. The Morgan fingerprint density at radius 1 is 1.23 bits per heavy atom. The van der Waals surface area contributed by atoms with Crippen LogP contribution in [0.3, 0.4) is 0 Å². The van der Waals surface area contributed by atoms with Crippen LogP contribution in [0.1, 0.15) is 41.9 Å². The third kappa shape index (κ3) is 3.13. The van der Waals surface area contributed by atoms with Crippen LogP contribution in [-0.2, 0) is 12.1 Å². The lowest BCUT2D eigenvalue weighted by atomic mass is 9.98. The molecule has 3 rings (SSSR count). The predicted octanol–water partition coefficient (Wildman–Crippen LogP) is 2.87. The lowest BCUT2D eigenvalue weighted by Crippen LogP contribution is -2.39. The molecule has 0 aliphatic heterocycles. The summed E-state index contributed by atoms with van der Waals surface area (Å²) in [5, 5.41) is 7.12. The average Bonchev–Trinajstić information content (AvgIpc) is 3.15. The first kappa shape index (κ1) is 15.4. The van der Waals surface area contributed by atoms with Crippen LogP contribution in [0.4, 0.5) is 5.95 Å². The minimum atomic E-state index is 0.0408. The molecular formula is C16H23N5S. The lowest BCUT2D eigenvalue weighted by Gasteiger charge is -2.28. The van der Waals surface area contributed by atoms with Gasteiger partial charge in [-0.15, -0.1) is 11.3 Å². The minimum absolute atomic E-state index is 0.0408. The second kappa shape index (κ2) is 6.30. The zero-order chi connectivity index (χ0) is 15.6. The highest BCUT2D eigenvalue weighted by atomic mass is 32.1. The fraction of sp³-hybridized carbons (Fsp3) is 0.562. The summed E-state index contributed by atoms with van der Waals surface area (Å²) >= 11 is 1.78. The summed E-state index contributed by atoms with van der Waals surface area (Å²) in [6.07, 6.45) is 8.67. The molecule has 0 aromatic carbocycles. The first-order chi connectivity index (χ1) is 10.6. The highest BCUT2D eigenvalue weighted by Gasteiger charge is 2.37. The maximum absolute atomic E-state index is 4.73. The highest BCUT2D eigenvalue weighted by molar-refractivity contribution is 7.09. The van der Waals surface area contributed by atoms with Gasteiger partial charge in [0.15, 0.2) is 0 Å². The van der Waals surface area contributed by atoms with Crippen molar-refractivity contribution < 1.29 is 0 Å². The van der Waals surface area contributed by atoms with Gasteiger partial charge in [0, 0.05) is 49.7 Å². The van der Waals surface area contributed by atoms with E-state index in [9.17, 15) is 0 Å². The van der Waals surface area contributed by atoms with Crippen LogP contribution in [0, 0.1) is 6.92 Å². The fourth-order valence-electron chi connectivity index (χ4n) is 2.96. The number of anilines is 1. The number of thiazole rings is 1. The largest absolute Gasteiger partial charge is 0.347 e. The van der Waals surface area contributed by atoms with Crippen molar-refractivity contribution in [1.82, 2.24) is 20.3 Å². The Kier molecular flexibility index (Phi) is 4.40. The second-order valence-electron chi connectivity index (χ2n) is 6.22. The Morgan fingerprint density at radius 2 is 1.91 bits per heavy atom. The van der Waals surface area contributed by atoms with Crippen molar-refractivity contribution in [2.45, 2.75) is 44.7 Å². The van der Waals surface area contributed by atoms with Gasteiger partial charge >= 0.3 is 0 Å². The van der Waals surface area contributed by atoms with Gasteiger partial charge in [-0.3, -0.25) is 0 Å². The molecule has 0 radical (unpaired) electrons. The Labute approximate surface area is 135 Å². The standard InChI is InChI=1S/C16H23N5S/c1-12-11-22-14(20-12)16(6-4-5-7-16)19-10-13-8-17-15(18-9-13)21(2)3/h8-9,11,19H,4-7,10H2,1-3H3. The SMILES string of the molecule is Cc1csc(C2(NCc3cnc(N(C)C)nc3)CCCC2)n1. The van der Waals surface area contributed by atoms with Crippen LogP contribution in [0.2, 0.25) is 0 Å². The molecule has 1 saturated carbocycles. The molecular weight excluding hydrogens is 294 g/mol. The fourth-order valence-corrected chi connectivity index (χ4v) is 3.99. The van der Waals surface area contributed by atoms with Gasteiger partial charge in [0.1, 0.15) is 5.01 Å². The first-order valence-electron chi connectivity index (χ1n) is 7.75. The number of rotatable bonds is 5. The number of aromatic nitrogens is 3. The normalized spacial score (nSPS) is 16.9. The summed E-state index contributed by atoms with van der Waals surface area (Å²) in [5.74, 6) is 0.745. The molecule has 2 aromatic rings. The van der Waals surface area contributed by atoms with Crippen molar-refractivity contribution in [2.75, 3.05) is 19.0 Å². The molecule has 0 bridgehead atoms. The summed E-state index contributed by atoms with van der Waals surface area (Å²) in [5.41, 5.74) is 2.27. The lowest BCUT2D eigenvalue weighted by molar-refractivity contribution is 0.336. The molecule has 2 heterocycles. The van der Waals surface area contributed by atoms with Gasteiger partial charge < -0.3 is 10.2 Å². The van der Waals surface area contributed by atoms with E-state index in [1.54, 1.807) is 11.3 Å². The summed E-state index contributed by atoms with van der Waals surface area (Å²) in [4.78, 5) is 15.4. The molecule has 1 aliphatic carbocycles. The first-order valence-corrected chi connectivity index (χ1v) is 8.63. The molecule has 6 heteroatoms. The van der Waals surface area contributed by atoms with Crippen molar-refractivity contribution in [1.29, 1.82) is 0 Å². The number of hydrogen-bond acceptors (Lipinski definition) is 6. The van der Waals surface area contributed by atoms with Crippen LogP contribution in [0.15, 0.2) is 17.8 Å². The van der Waals surface area contributed by atoms with Gasteiger partial charge in [-0.25, -0.2) is 15.0 Å². The van der Waals surface area contributed by atoms with E-state index in [1.807, 2.05) is 31.4 Å². The predicted molar refractivity (Wildman–Crippen MR) is 90.2 cm³/mol. The van der Waals surface area contributed by atoms with Crippen molar-refractivity contribution in [3.05, 3.63) is 34.0 Å². The van der Waals surface area contributed by atoms with Gasteiger partial charge in [-0.2, -0.15) is 0 Å². The van der Waals surface area contributed by atoms with E-state index in [0.29, 0.717) is 0 Å². The smallest absolute Gasteiger partial charge is 0.224 e. The molecule has 0 spiro atoms. The summed E-state index contributed by atoms with van der Waals surface area (Å²) < 4.78 is 0. The van der Waals surface area contributed by atoms with Gasteiger partial charge in [0.2, 0.25) is 5.95 Å². The molecule has 0 amide bonds. The van der Waals surface area contributed by atoms with E-state index in [4.69, 9.17) is 4.98 Å². The molecule has 0 atom stereocenters. The summed E-state index contributed by atoms with van der Waals surface area (Å²) in [7, 11) is 3.90. The second-order valence-corrected chi connectivity index (χ2v) is 7.08. The van der Waals surface area contributed by atoms with Crippen molar-refractivity contribution in [3.8, 4) is 0 Å². The van der Waals surface area contributed by atoms with E-state index in [0.717, 1.165) is 36.6 Å². The van der Waals surface area contributed by atoms with Crippen LogP contribution < -0.4 is 10.2 Å². The highest BCUT2D eigenvalue weighted by Crippen LogP contribution is 2.40. The van der Waals surface area contributed by atoms with E-state index in [1.165, 1.54) is 17.8 Å². The molecule has 22 heavy (non-hydrogen) atoms. The summed E-state index contributed by atoms with van der Waals surface area (Å²) in [6, 6.07) is 0. The summed E-state index contributed by atoms with van der Waals surface area (Å²) in [6.45, 7) is 2.85. The van der Waals surface area contributed by atoms with Crippen LogP contribution >= 0.6 is 11.3 Å². The Hall–Kier alpha value is -1.53. The van der Waals surface area contributed by atoms with Crippen molar-refractivity contribution >= 4 is 17.3 Å². The van der Waals surface area contributed by atoms with Gasteiger partial charge in [-0.1, -0.05) is 12.8 Å². The molecule has 0 unspecified atom stereocenters. The van der Waals surface area contributed by atoms with Crippen molar-refractivity contribution in [2.24, 2.45) is 0 Å². The van der Waals surface area contributed by atoms with E-state index < -0.39 is 0 Å². The Balaban J connectivity index is 1.72. The monoisotopic (exact) mass is 317 g/mol. The zero-order valence-corrected chi connectivity index (χ0v) is 14.3. The zero-order valence-electron chi connectivity index (χ0n) is 13.5. The number of nitrogens with zero attached hydrogens (tertiary/aromatic N) is 4. The maximum Gasteiger partial charge on any atom is 0.224 e.